The highest BCUT2D eigenvalue weighted by atomic mass is 16.5. The summed E-state index contributed by atoms with van der Waals surface area (Å²) in [5.74, 6) is 2.67. The Kier molecular flexibility index (Phi) is 3.89. The van der Waals surface area contributed by atoms with Crippen LogP contribution < -0.4 is 14.8 Å². The van der Waals surface area contributed by atoms with Crippen molar-refractivity contribution >= 4 is 0 Å². The van der Waals surface area contributed by atoms with Gasteiger partial charge < -0.3 is 14.8 Å². The second kappa shape index (κ2) is 5.41. The number of hydrogen-bond donors (Lipinski definition) is 1. The molecule has 2 atom stereocenters. The van der Waals surface area contributed by atoms with E-state index < -0.39 is 0 Å². The molecule has 0 spiro atoms. The lowest BCUT2D eigenvalue weighted by atomic mass is 10.2. The molecular formula is C14H21NO2. The second-order valence-corrected chi connectivity index (χ2v) is 4.57. The fourth-order valence-corrected chi connectivity index (χ4v) is 2.21. The van der Waals surface area contributed by atoms with Crippen molar-refractivity contribution in [3.05, 3.63) is 23.8 Å². The van der Waals surface area contributed by atoms with Crippen LogP contribution in [0, 0.1) is 5.92 Å². The van der Waals surface area contributed by atoms with E-state index in [2.05, 4.69) is 12.2 Å². The van der Waals surface area contributed by atoms with Gasteiger partial charge in [0.1, 0.15) is 11.5 Å². The molecule has 17 heavy (non-hydrogen) atoms. The Morgan fingerprint density at radius 2 is 2.12 bits per heavy atom. The summed E-state index contributed by atoms with van der Waals surface area (Å²) in [7, 11) is 3.39. The predicted octanol–water partition coefficient (Wildman–Crippen LogP) is 2.59. The monoisotopic (exact) mass is 235 g/mol. The van der Waals surface area contributed by atoms with Gasteiger partial charge >= 0.3 is 0 Å². The largest absolute Gasteiger partial charge is 0.497 e. The molecule has 1 aliphatic rings. The Bertz CT molecular complexity index is 378. The number of hydrogen-bond acceptors (Lipinski definition) is 3. The van der Waals surface area contributed by atoms with Crippen molar-refractivity contribution in [2.24, 2.45) is 5.92 Å². The van der Waals surface area contributed by atoms with Gasteiger partial charge in [-0.15, -0.1) is 0 Å². The normalized spacial score (nSPS) is 22.3. The quantitative estimate of drug-likeness (QED) is 0.822. The first-order valence-electron chi connectivity index (χ1n) is 6.22. The molecular weight excluding hydrogens is 214 g/mol. The van der Waals surface area contributed by atoms with Gasteiger partial charge in [-0.25, -0.2) is 0 Å². The number of ether oxygens (including phenoxy) is 2. The molecule has 0 saturated heterocycles. The van der Waals surface area contributed by atoms with Crippen LogP contribution in [-0.2, 0) is 6.54 Å². The van der Waals surface area contributed by atoms with Crippen LogP contribution in [0.1, 0.15) is 25.3 Å². The molecule has 0 aromatic heterocycles. The minimum atomic E-state index is 0.691. The Morgan fingerprint density at radius 1 is 1.29 bits per heavy atom. The summed E-state index contributed by atoms with van der Waals surface area (Å²) >= 11 is 0. The molecule has 2 unspecified atom stereocenters. The summed E-state index contributed by atoms with van der Waals surface area (Å²) in [6, 6.07) is 6.61. The Balaban J connectivity index is 1.98. The fourth-order valence-electron chi connectivity index (χ4n) is 2.21. The molecule has 0 bridgehead atoms. The summed E-state index contributed by atoms with van der Waals surface area (Å²) in [4.78, 5) is 0. The molecule has 0 aliphatic heterocycles. The summed E-state index contributed by atoms with van der Waals surface area (Å²) in [5, 5.41) is 3.56. The molecule has 1 saturated carbocycles. The van der Waals surface area contributed by atoms with Gasteiger partial charge in [-0.05, 0) is 30.5 Å². The highest BCUT2D eigenvalue weighted by Gasteiger charge is 2.34. The first-order valence-corrected chi connectivity index (χ1v) is 6.22. The lowest BCUT2D eigenvalue weighted by molar-refractivity contribution is 0.396. The average Bonchev–Trinajstić information content (AvgIpc) is 3.14. The molecule has 1 fully saturated rings. The Hall–Kier alpha value is -1.22. The van der Waals surface area contributed by atoms with Crippen LogP contribution in [0.15, 0.2) is 18.2 Å². The van der Waals surface area contributed by atoms with Gasteiger partial charge in [0.2, 0.25) is 0 Å². The van der Waals surface area contributed by atoms with E-state index >= 15 is 0 Å². The molecule has 3 nitrogen and oxygen atoms in total. The Labute approximate surface area is 103 Å². The van der Waals surface area contributed by atoms with Crippen molar-refractivity contribution in [3.8, 4) is 11.5 Å². The predicted molar refractivity (Wildman–Crippen MR) is 68.6 cm³/mol. The highest BCUT2D eigenvalue weighted by Crippen LogP contribution is 2.34. The van der Waals surface area contributed by atoms with E-state index in [9.17, 15) is 0 Å². The molecule has 1 N–H and O–H groups in total. The summed E-state index contributed by atoms with van der Waals surface area (Å²) in [6.07, 6.45) is 2.58. The van der Waals surface area contributed by atoms with Gasteiger partial charge in [0.25, 0.3) is 0 Å². The van der Waals surface area contributed by atoms with Crippen molar-refractivity contribution in [3.63, 3.8) is 0 Å². The van der Waals surface area contributed by atoms with E-state index in [4.69, 9.17) is 9.47 Å². The summed E-state index contributed by atoms with van der Waals surface area (Å²) in [6.45, 7) is 3.10. The van der Waals surface area contributed by atoms with E-state index in [1.165, 1.54) is 12.8 Å². The molecule has 1 aromatic rings. The van der Waals surface area contributed by atoms with E-state index in [1.807, 2.05) is 18.2 Å². The van der Waals surface area contributed by atoms with Crippen LogP contribution in [-0.4, -0.2) is 20.3 Å². The molecule has 0 heterocycles. The van der Waals surface area contributed by atoms with Crippen molar-refractivity contribution in [2.45, 2.75) is 32.4 Å². The molecule has 3 heteroatoms. The fraction of sp³-hybridized carbons (Fsp3) is 0.571. The van der Waals surface area contributed by atoms with Crippen molar-refractivity contribution in [1.29, 1.82) is 0 Å². The minimum absolute atomic E-state index is 0.691. The van der Waals surface area contributed by atoms with E-state index in [0.29, 0.717) is 6.04 Å². The van der Waals surface area contributed by atoms with E-state index in [1.54, 1.807) is 14.2 Å². The summed E-state index contributed by atoms with van der Waals surface area (Å²) < 4.78 is 10.6. The maximum atomic E-state index is 5.36. The smallest absolute Gasteiger partial charge is 0.123 e. The number of methoxy groups -OCH3 is 2. The van der Waals surface area contributed by atoms with Crippen molar-refractivity contribution in [2.75, 3.05) is 14.2 Å². The van der Waals surface area contributed by atoms with Gasteiger partial charge in [0.15, 0.2) is 0 Å². The van der Waals surface area contributed by atoms with Crippen molar-refractivity contribution in [1.82, 2.24) is 5.32 Å². The van der Waals surface area contributed by atoms with Gasteiger partial charge in [-0.1, -0.05) is 13.3 Å². The molecule has 0 radical (unpaired) electrons. The zero-order valence-corrected chi connectivity index (χ0v) is 10.8. The topological polar surface area (TPSA) is 30.5 Å². The molecule has 0 amide bonds. The van der Waals surface area contributed by atoms with Gasteiger partial charge in [-0.3, -0.25) is 0 Å². The Morgan fingerprint density at radius 3 is 2.71 bits per heavy atom. The lowest BCUT2D eigenvalue weighted by Crippen LogP contribution is -2.18. The first kappa shape index (κ1) is 12.2. The SMILES string of the molecule is CCC1CC1NCc1cc(OC)ccc1OC. The molecule has 1 aliphatic carbocycles. The third kappa shape index (κ3) is 2.91. The third-order valence-electron chi connectivity index (χ3n) is 3.49. The van der Waals surface area contributed by atoms with Crippen LogP contribution >= 0.6 is 0 Å². The standard InChI is InChI=1S/C14H21NO2/c1-4-10-8-13(10)15-9-11-7-12(16-2)5-6-14(11)17-3/h5-7,10,13,15H,4,8-9H2,1-3H3. The van der Waals surface area contributed by atoms with E-state index in [-0.39, 0.29) is 0 Å². The minimum Gasteiger partial charge on any atom is -0.497 e. The van der Waals surface area contributed by atoms with Gasteiger partial charge in [-0.2, -0.15) is 0 Å². The van der Waals surface area contributed by atoms with Gasteiger partial charge in [0.05, 0.1) is 14.2 Å². The zero-order chi connectivity index (χ0) is 12.3. The van der Waals surface area contributed by atoms with Crippen LogP contribution in [0.4, 0.5) is 0 Å². The third-order valence-corrected chi connectivity index (χ3v) is 3.49. The second-order valence-electron chi connectivity index (χ2n) is 4.57. The number of rotatable bonds is 6. The number of nitrogens with one attached hydrogen (secondary N) is 1. The molecule has 1 aromatic carbocycles. The van der Waals surface area contributed by atoms with Crippen molar-refractivity contribution < 1.29 is 9.47 Å². The maximum Gasteiger partial charge on any atom is 0.123 e. The first-order chi connectivity index (χ1) is 8.28. The number of benzene rings is 1. The highest BCUT2D eigenvalue weighted by molar-refractivity contribution is 5.40. The molecule has 2 rings (SSSR count). The maximum absolute atomic E-state index is 5.36. The van der Waals surface area contributed by atoms with Crippen LogP contribution in [0.2, 0.25) is 0 Å². The van der Waals surface area contributed by atoms with Crippen LogP contribution in [0.25, 0.3) is 0 Å². The van der Waals surface area contributed by atoms with E-state index in [0.717, 1.165) is 29.5 Å². The van der Waals surface area contributed by atoms with Gasteiger partial charge in [0, 0.05) is 18.2 Å². The average molecular weight is 235 g/mol. The zero-order valence-electron chi connectivity index (χ0n) is 10.8. The summed E-state index contributed by atoms with van der Waals surface area (Å²) in [5.41, 5.74) is 1.16. The van der Waals surface area contributed by atoms with Crippen LogP contribution in [0.5, 0.6) is 11.5 Å². The molecule has 94 valence electrons. The van der Waals surface area contributed by atoms with Crippen LogP contribution in [0.3, 0.4) is 0 Å². The lowest BCUT2D eigenvalue weighted by Gasteiger charge is -2.11.